The van der Waals surface area contributed by atoms with E-state index >= 15 is 0 Å². The summed E-state index contributed by atoms with van der Waals surface area (Å²) < 4.78 is 6.95. The molecule has 0 N–H and O–H groups in total. The van der Waals surface area contributed by atoms with E-state index in [0.717, 1.165) is 15.2 Å². The van der Waals surface area contributed by atoms with Crippen LogP contribution >= 0.6 is 34.5 Å². The van der Waals surface area contributed by atoms with Crippen LogP contribution in [0.3, 0.4) is 0 Å². The van der Waals surface area contributed by atoms with Crippen molar-refractivity contribution >= 4 is 55.7 Å². The van der Waals surface area contributed by atoms with E-state index in [0.29, 0.717) is 33.4 Å². The molecule has 0 bridgehead atoms. The van der Waals surface area contributed by atoms with Gasteiger partial charge in [-0.1, -0.05) is 35.3 Å². The summed E-state index contributed by atoms with van der Waals surface area (Å²) in [5.74, 6) is 0.443. The van der Waals surface area contributed by atoms with Gasteiger partial charge in [-0.3, -0.25) is 0 Å². The fourth-order valence-electron chi connectivity index (χ4n) is 2.30. The van der Waals surface area contributed by atoms with Crippen LogP contribution in [-0.4, -0.2) is 15.0 Å². The Morgan fingerprint density at radius 2 is 1.96 bits per heavy atom. The Balaban J connectivity index is 1.67. The van der Waals surface area contributed by atoms with Crippen molar-refractivity contribution in [2.24, 2.45) is 0 Å². The summed E-state index contributed by atoms with van der Waals surface area (Å²) in [5.41, 5.74) is 1.58. The van der Waals surface area contributed by atoms with Crippen LogP contribution in [0.2, 0.25) is 10.0 Å². The van der Waals surface area contributed by atoms with E-state index in [1.165, 1.54) is 6.33 Å². The summed E-state index contributed by atoms with van der Waals surface area (Å²) in [4.78, 5) is 12.9. The molecule has 0 saturated heterocycles. The summed E-state index contributed by atoms with van der Waals surface area (Å²) >= 11 is 13.8. The summed E-state index contributed by atoms with van der Waals surface area (Å²) in [6.07, 6.45) is 1.43. The molecule has 0 amide bonds. The van der Waals surface area contributed by atoms with Gasteiger partial charge in [0, 0.05) is 5.02 Å². The second kappa shape index (κ2) is 5.92. The van der Waals surface area contributed by atoms with E-state index in [1.54, 1.807) is 23.5 Å². The topological polar surface area (TPSA) is 47.9 Å². The van der Waals surface area contributed by atoms with Crippen molar-refractivity contribution in [1.29, 1.82) is 0 Å². The van der Waals surface area contributed by atoms with Gasteiger partial charge in [0.1, 0.15) is 17.9 Å². The van der Waals surface area contributed by atoms with Crippen LogP contribution in [-0.2, 0) is 6.61 Å². The monoisotopic (exact) mass is 361 g/mol. The SMILES string of the molecule is Clc1cc(Cl)c2ncnc(OCc3nc4ccccc4s3)c2c1. The van der Waals surface area contributed by atoms with E-state index in [4.69, 9.17) is 27.9 Å². The number of nitrogens with zero attached hydrogens (tertiary/aromatic N) is 3. The zero-order chi connectivity index (χ0) is 15.8. The lowest BCUT2D eigenvalue weighted by atomic mass is 10.2. The molecule has 0 aliphatic heterocycles. The molecule has 7 heteroatoms. The molecule has 2 aromatic carbocycles. The van der Waals surface area contributed by atoms with Crippen molar-refractivity contribution in [1.82, 2.24) is 15.0 Å². The van der Waals surface area contributed by atoms with Gasteiger partial charge in [-0.15, -0.1) is 11.3 Å². The van der Waals surface area contributed by atoms with Gasteiger partial charge in [0.05, 0.1) is 26.1 Å². The maximum Gasteiger partial charge on any atom is 0.224 e. The van der Waals surface area contributed by atoms with Gasteiger partial charge in [-0.05, 0) is 24.3 Å². The average molecular weight is 362 g/mol. The lowest BCUT2D eigenvalue weighted by Crippen LogP contribution is -1.98. The van der Waals surface area contributed by atoms with Crippen LogP contribution in [0, 0.1) is 0 Å². The summed E-state index contributed by atoms with van der Waals surface area (Å²) in [7, 11) is 0. The predicted octanol–water partition coefficient (Wildman–Crippen LogP) is 5.13. The highest BCUT2D eigenvalue weighted by Crippen LogP contribution is 2.31. The fourth-order valence-corrected chi connectivity index (χ4v) is 3.72. The third-order valence-corrected chi connectivity index (χ3v) is 4.81. The van der Waals surface area contributed by atoms with Crippen molar-refractivity contribution in [3.8, 4) is 5.88 Å². The molecule has 0 spiro atoms. The Bertz CT molecular complexity index is 986. The van der Waals surface area contributed by atoms with E-state index in [2.05, 4.69) is 15.0 Å². The van der Waals surface area contributed by atoms with E-state index in [-0.39, 0.29) is 0 Å². The van der Waals surface area contributed by atoms with Gasteiger partial charge in [-0.2, -0.15) is 0 Å². The first kappa shape index (κ1) is 14.6. The fraction of sp³-hybridized carbons (Fsp3) is 0.0625. The average Bonchev–Trinajstić information content (AvgIpc) is 2.96. The van der Waals surface area contributed by atoms with Gasteiger partial charge in [0.2, 0.25) is 5.88 Å². The lowest BCUT2D eigenvalue weighted by Gasteiger charge is -2.07. The Labute approximate surface area is 145 Å². The van der Waals surface area contributed by atoms with Crippen LogP contribution in [0.15, 0.2) is 42.7 Å². The number of rotatable bonds is 3. The maximum atomic E-state index is 6.16. The second-order valence-corrected chi connectivity index (χ2v) is 6.79. The van der Waals surface area contributed by atoms with E-state index in [9.17, 15) is 0 Å². The molecule has 0 radical (unpaired) electrons. The molecular weight excluding hydrogens is 353 g/mol. The Morgan fingerprint density at radius 1 is 1.09 bits per heavy atom. The Kier molecular flexibility index (Phi) is 3.77. The number of fused-ring (bicyclic) bond motifs is 2. The number of para-hydroxylation sites is 1. The number of hydrogen-bond donors (Lipinski definition) is 0. The molecule has 2 aromatic heterocycles. The molecule has 4 aromatic rings. The minimum absolute atomic E-state index is 0.329. The van der Waals surface area contributed by atoms with E-state index < -0.39 is 0 Å². The Morgan fingerprint density at radius 3 is 2.83 bits per heavy atom. The molecule has 0 saturated carbocycles. The van der Waals surface area contributed by atoms with Crippen molar-refractivity contribution in [3.63, 3.8) is 0 Å². The van der Waals surface area contributed by atoms with Crippen molar-refractivity contribution in [2.45, 2.75) is 6.61 Å². The molecule has 23 heavy (non-hydrogen) atoms. The van der Waals surface area contributed by atoms with Crippen LogP contribution < -0.4 is 4.74 Å². The largest absolute Gasteiger partial charge is 0.470 e. The highest BCUT2D eigenvalue weighted by molar-refractivity contribution is 7.18. The number of halogens is 2. The molecule has 0 atom stereocenters. The van der Waals surface area contributed by atoms with Crippen molar-refractivity contribution < 1.29 is 4.74 Å². The number of hydrogen-bond acceptors (Lipinski definition) is 5. The molecule has 114 valence electrons. The molecule has 4 nitrogen and oxygen atoms in total. The predicted molar refractivity (Wildman–Crippen MR) is 93.5 cm³/mol. The number of thiazole rings is 1. The first-order chi connectivity index (χ1) is 11.2. The zero-order valence-electron chi connectivity index (χ0n) is 11.7. The first-order valence-corrected chi connectivity index (χ1v) is 8.35. The van der Waals surface area contributed by atoms with Gasteiger partial charge in [0.15, 0.2) is 0 Å². The van der Waals surface area contributed by atoms with E-state index in [1.807, 2.05) is 24.3 Å². The maximum absolute atomic E-state index is 6.16. The Hall–Kier alpha value is -1.95. The smallest absolute Gasteiger partial charge is 0.224 e. The lowest BCUT2D eigenvalue weighted by molar-refractivity contribution is 0.297. The van der Waals surface area contributed by atoms with Gasteiger partial charge in [0.25, 0.3) is 0 Å². The first-order valence-electron chi connectivity index (χ1n) is 6.78. The molecule has 0 aliphatic rings. The highest BCUT2D eigenvalue weighted by atomic mass is 35.5. The number of ether oxygens (including phenoxy) is 1. The summed E-state index contributed by atoms with van der Waals surface area (Å²) in [6, 6.07) is 11.4. The standard InChI is InChI=1S/C16H9Cl2N3OS/c17-9-5-10-15(11(18)6-9)19-8-20-16(10)22-7-14-21-12-3-1-2-4-13(12)23-14/h1-6,8H,7H2. The molecule has 0 aliphatic carbocycles. The highest BCUT2D eigenvalue weighted by Gasteiger charge is 2.11. The van der Waals surface area contributed by atoms with Crippen LogP contribution in [0.1, 0.15) is 5.01 Å². The minimum atomic E-state index is 0.329. The van der Waals surface area contributed by atoms with Crippen molar-refractivity contribution in [2.75, 3.05) is 0 Å². The molecular formula is C16H9Cl2N3OS. The number of benzene rings is 2. The van der Waals surface area contributed by atoms with Crippen LogP contribution in [0.4, 0.5) is 0 Å². The number of aromatic nitrogens is 3. The summed E-state index contributed by atoms with van der Waals surface area (Å²) in [6.45, 7) is 0.329. The van der Waals surface area contributed by atoms with Crippen LogP contribution in [0.25, 0.3) is 21.1 Å². The molecule has 0 unspecified atom stereocenters. The molecule has 0 fully saturated rings. The third-order valence-electron chi connectivity index (χ3n) is 3.29. The zero-order valence-corrected chi connectivity index (χ0v) is 14.0. The van der Waals surface area contributed by atoms with Gasteiger partial charge < -0.3 is 4.74 Å². The third kappa shape index (κ3) is 2.83. The van der Waals surface area contributed by atoms with Crippen molar-refractivity contribution in [3.05, 3.63) is 57.8 Å². The van der Waals surface area contributed by atoms with Gasteiger partial charge in [-0.25, -0.2) is 15.0 Å². The quantitative estimate of drug-likeness (QED) is 0.507. The summed E-state index contributed by atoms with van der Waals surface area (Å²) in [5, 5.41) is 2.55. The van der Waals surface area contributed by atoms with Gasteiger partial charge >= 0.3 is 0 Å². The van der Waals surface area contributed by atoms with Crippen LogP contribution in [0.5, 0.6) is 5.88 Å². The molecule has 2 heterocycles. The molecule has 4 rings (SSSR count). The second-order valence-electron chi connectivity index (χ2n) is 4.83. The minimum Gasteiger partial charge on any atom is -0.470 e. The normalized spacial score (nSPS) is 11.2.